The summed E-state index contributed by atoms with van der Waals surface area (Å²) in [6.45, 7) is 2.88. The standard InChI is InChI=1S/C14H17ClN2O/c1-9-17-13-6-11-3-2-10(4-5-15)8-16-12(11)7-14(13)18-9/h6-7,10,16H,2-5,8H2,1H3. The van der Waals surface area contributed by atoms with E-state index in [4.69, 9.17) is 16.0 Å². The topological polar surface area (TPSA) is 38.1 Å². The molecule has 0 saturated carbocycles. The maximum atomic E-state index is 5.83. The van der Waals surface area contributed by atoms with Crippen LogP contribution in [0.15, 0.2) is 16.5 Å². The van der Waals surface area contributed by atoms with Gasteiger partial charge in [0.05, 0.1) is 0 Å². The van der Waals surface area contributed by atoms with Crippen LogP contribution in [0.4, 0.5) is 5.69 Å². The second kappa shape index (κ2) is 4.81. The SMILES string of the molecule is Cc1nc2cc3c(cc2o1)NCC(CCCl)CC3. The molecule has 18 heavy (non-hydrogen) atoms. The monoisotopic (exact) mass is 264 g/mol. The summed E-state index contributed by atoms with van der Waals surface area (Å²) in [6, 6.07) is 4.23. The lowest BCUT2D eigenvalue weighted by atomic mass is 9.99. The predicted octanol–water partition coefficient (Wildman–Crippen LogP) is 3.74. The molecule has 1 aliphatic heterocycles. The number of benzene rings is 1. The van der Waals surface area contributed by atoms with Gasteiger partial charge in [-0.05, 0) is 36.8 Å². The number of halogens is 1. The van der Waals surface area contributed by atoms with Gasteiger partial charge in [-0.3, -0.25) is 0 Å². The van der Waals surface area contributed by atoms with E-state index >= 15 is 0 Å². The summed E-state index contributed by atoms with van der Waals surface area (Å²) in [5.41, 5.74) is 4.36. The van der Waals surface area contributed by atoms with E-state index in [9.17, 15) is 0 Å². The summed E-state index contributed by atoms with van der Waals surface area (Å²) < 4.78 is 5.58. The molecule has 0 fully saturated rings. The molecule has 1 atom stereocenters. The van der Waals surface area contributed by atoms with Crippen LogP contribution in [0.5, 0.6) is 0 Å². The van der Waals surface area contributed by atoms with E-state index in [1.54, 1.807) is 0 Å². The Labute approximate surface area is 112 Å². The highest BCUT2D eigenvalue weighted by molar-refractivity contribution is 6.17. The number of oxazole rings is 1. The minimum Gasteiger partial charge on any atom is -0.441 e. The van der Waals surface area contributed by atoms with Crippen molar-refractivity contribution < 1.29 is 4.42 Å². The third-order valence-electron chi connectivity index (χ3n) is 3.64. The van der Waals surface area contributed by atoms with Crippen molar-refractivity contribution in [3.05, 3.63) is 23.6 Å². The number of alkyl halides is 1. The Hall–Kier alpha value is -1.22. The smallest absolute Gasteiger partial charge is 0.192 e. The van der Waals surface area contributed by atoms with E-state index in [1.807, 2.05) is 6.92 Å². The first-order chi connectivity index (χ1) is 8.76. The van der Waals surface area contributed by atoms with Gasteiger partial charge in [0.15, 0.2) is 11.5 Å². The fraction of sp³-hybridized carbons (Fsp3) is 0.500. The van der Waals surface area contributed by atoms with Crippen molar-refractivity contribution in [1.29, 1.82) is 0 Å². The molecule has 2 heterocycles. The van der Waals surface area contributed by atoms with Crippen LogP contribution in [-0.2, 0) is 6.42 Å². The van der Waals surface area contributed by atoms with E-state index < -0.39 is 0 Å². The van der Waals surface area contributed by atoms with Gasteiger partial charge in [0.2, 0.25) is 0 Å². The van der Waals surface area contributed by atoms with Gasteiger partial charge in [-0.25, -0.2) is 4.98 Å². The third kappa shape index (κ3) is 2.19. The Kier molecular flexibility index (Phi) is 3.16. The first kappa shape index (κ1) is 11.8. The second-order valence-corrected chi connectivity index (χ2v) is 5.35. The van der Waals surface area contributed by atoms with Crippen molar-refractivity contribution in [1.82, 2.24) is 4.98 Å². The molecule has 3 nitrogen and oxygen atoms in total. The number of aromatic nitrogens is 1. The molecule has 4 heteroatoms. The van der Waals surface area contributed by atoms with Crippen LogP contribution in [0, 0.1) is 12.8 Å². The first-order valence-corrected chi connectivity index (χ1v) is 6.99. The molecule has 0 bridgehead atoms. The van der Waals surface area contributed by atoms with Crippen molar-refractivity contribution in [3.63, 3.8) is 0 Å². The van der Waals surface area contributed by atoms with Crippen molar-refractivity contribution in [2.45, 2.75) is 26.2 Å². The zero-order valence-corrected chi connectivity index (χ0v) is 11.3. The maximum absolute atomic E-state index is 5.83. The molecular formula is C14H17ClN2O. The van der Waals surface area contributed by atoms with Crippen LogP contribution in [0.3, 0.4) is 0 Å². The Morgan fingerprint density at radius 1 is 1.50 bits per heavy atom. The number of hydrogen-bond acceptors (Lipinski definition) is 3. The van der Waals surface area contributed by atoms with E-state index in [2.05, 4.69) is 22.4 Å². The molecule has 0 saturated heterocycles. The van der Waals surface area contributed by atoms with Crippen LogP contribution in [0.25, 0.3) is 11.1 Å². The zero-order valence-electron chi connectivity index (χ0n) is 10.5. The lowest BCUT2D eigenvalue weighted by Gasteiger charge is -2.12. The molecule has 0 spiro atoms. The predicted molar refractivity (Wildman–Crippen MR) is 74.4 cm³/mol. The second-order valence-electron chi connectivity index (χ2n) is 4.97. The maximum Gasteiger partial charge on any atom is 0.192 e. The summed E-state index contributed by atoms with van der Waals surface area (Å²) in [4.78, 5) is 4.39. The number of hydrogen-bond donors (Lipinski definition) is 1. The molecule has 1 unspecified atom stereocenters. The number of anilines is 1. The zero-order chi connectivity index (χ0) is 12.5. The molecule has 3 rings (SSSR count). The van der Waals surface area contributed by atoms with Gasteiger partial charge in [-0.2, -0.15) is 0 Å². The largest absolute Gasteiger partial charge is 0.441 e. The minimum atomic E-state index is 0.663. The number of rotatable bonds is 2. The first-order valence-electron chi connectivity index (χ1n) is 6.46. The normalized spacial score (nSPS) is 19.3. The van der Waals surface area contributed by atoms with Crippen LogP contribution in [0.2, 0.25) is 0 Å². The summed E-state index contributed by atoms with van der Waals surface area (Å²) in [6.07, 6.45) is 3.36. The van der Waals surface area contributed by atoms with Gasteiger partial charge in [-0.15, -0.1) is 11.6 Å². The summed E-state index contributed by atoms with van der Waals surface area (Å²) in [5.74, 6) is 2.13. The number of nitrogens with zero attached hydrogens (tertiary/aromatic N) is 1. The third-order valence-corrected chi connectivity index (χ3v) is 3.86. The van der Waals surface area contributed by atoms with Gasteiger partial charge < -0.3 is 9.73 Å². The quantitative estimate of drug-likeness (QED) is 0.840. The molecule has 1 N–H and O–H groups in total. The van der Waals surface area contributed by atoms with Gasteiger partial charge in [0.25, 0.3) is 0 Å². The molecule has 1 aromatic carbocycles. The van der Waals surface area contributed by atoms with Gasteiger partial charge in [0.1, 0.15) is 5.52 Å². The van der Waals surface area contributed by atoms with Crippen LogP contribution in [0.1, 0.15) is 24.3 Å². The Balaban J connectivity index is 1.92. The lowest BCUT2D eigenvalue weighted by Crippen LogP contribution is -2.12. The Morgan fingerprint density at radius 3 is 3.22 bits per heavy atom. The molecular weight excluding hydrogens is 248 g/mol. The fourth-order valence-electron chi connectivity index (χ4n) is 2.62. The van der Waals surface area contributed by atoms with E-state index in [0.29, 0.717) is 5.92 Å². The van der Waals surface area contributed by atoms with E-state index in [0.717, 1.165) is 42.3 Å². The number of fused-ring (bicyclic) bond motifs is 2. The van der Waals surface area contributed by atoms with Crippen molar-refractivity contribution in [3.8, 4) is 0 Å². The average Bonchev–Trinajstić information content (AvgIpc) is 2.59. The van der Waals surface area contributed by atoms with Crippen LogP contribution in [-0.4, -0.2) is 17.4 Å². The molecule has 2 aromatic rings. The van der Waals surface area contributed by atoms with Gasteiger partial charge in [0, 0.05) is 31.1 Å². The van der Waals surface area contributed by atoms with Crippen molar-refractivity contribution in [2.24, 2.45) is 5.92 Å². The number of aryl methyl sites for hydroxylation is 2. The van der Waals surface area contributed by atoms with E-state index in [-0.39, 0.29) is 0 Å². The van der Waals surface area contributed by atoms with Crippen molar-refractivity contribution in [2.75, 3.05) is 17.7 Å². The highest BCUT2D eigenvalue weighted by Gasteiger charge is 2.17. The Bertz CT molecular complexity index is 519. The molecule has 1 aromatic heterocycles. The molecule has 0 radical (unpaired) electrons. The molecule has 96 valence electrons. The molecule has 1 aliphatic rings. The molecule has 0 aliphatic carbocycles. The summed E-state index contributed by atoms with van der Waals surface area (Å²) in [5, 5.41) is 3.51. The summed E-state index contributed by atoms with van der Waals surface area (Å²) in [7, 11) is 0. The average molecular weight is 265 g/mol. The van der Waals surface area contributed by atoms with Gasteiger partial charge >= 0.3 is 0 Å². The van der Waals surface area contributed by atoms with E-state index in [1.165, 1.54) is 17.7 Å². The van der Waals surface area contributed by atoms with Crippen LogP contribution >= 0.6 is 11.6 Å². The number of nitrogens with one attached hydrogen (secondary N) is 1. The highest BCUT2D eigenvalue weighted by atomic mass is 35.5. The lowest BCUT2D eigenvalue weighted by molar-refractivity contribution is 0.505. The van der Waals surface area contributed by atoms with Crippen LogP contribution < -0.4 is 5.32 Å². The highest BCUT2D eigenvalue weighted by Crippen LogP contribution is 2.29. The minimum absolute atomic E-state index is 0.663. The summed E-state index contributed by atoms with van der Waals surface area (Å²) >= 11 is 5.83. The van der Waals surface area contributed by atoms with Crippen molar-refractivity contribution >= 4 is 28.4 Å². The Morgan fingerprint density at radius 2 is 2.39 bits per heavy atom. The molecule has 0 amide bonds. The van der Waals surface area contributed by atoms with Gasteiger partial charge in [-0.1, -0.05) is 0 Å². The fourth-order valence-corrected chi connectivity index (χ4v) is 2.93.